The number of aromatic nitrogens is 3. The zero-order chi connectivity index (χ0) is 20.2. The van der Waals surface area contributed by atoms with Crippen molar-refractivity contribution in [2.45, 2.75) is 13.3 Å². The minimum atomic E-state index is -0.143. The van der Waals surface area contributed by atoms with Crippen molar-refractivity contribution in [3.8, 4) is 17.1 Å². The van der Waals surface area contributed by atoms with E-state index in [9.17, 15) is 4.79 Å². The molecule has 0 radical (unpaired) electrons. The SMILES string of the molecule is Cc1c(CCNC(=O)COc2ccccc2)sc2nc(-c3ccc(Cl)cc3)nn12. The Morgan fingerprint density at radius 3 is 2.66 bits per heavy atom. The van der Waals surface area contributed by atoms with Gasteiger partial charge in [-0.1, -0.05) is 41.1 Å². The molecule has 148 valence electrons. The number of para-hydroxylation sites is 1. The van der Waals surface area contributed by atoms with Gasteiger partial charge < -0.3 is 10.1 Å². The molecule has 2 heterocycles. The lowest BCUT2D eigenvalue weighted by atomic mass is 10.2. The van der Waals surface area contributed by atoms with Crippen molar-refractivity contribution in [2.24, 2.45) is 0 Å². The maximum Gasteiger partial charge on any atom is 0.257 e. The molecule has 4 rings (SSSR count). The Bertz CT molecular complexity index is 1120. The van der Waals surface area contributed by atoms with Crippen LogP contribution in [0.2, 0.25) is 5.02 Å². The Morgan fingerprint density at radius 1 is 1.17 bits per heavy atom. The van der Waals surface area contributed by atoms with Crippen LogP contribution in [0.15, 0.2) is 54.6 Å². The number of ether oxygens (including phenoxy) is 1. The Kier molecular flexibility index (Phi) is 5.78. The monoisotopic (exact) mass is 426 g/mol. The molecular formula is C21H19ClN4O2S. The van der Waals surface area contributed by atoms with Crippen molar-refractivity contribution in [3.63, 3.8) is 0 Å². The maximum atomic E-state index is 12.0. The molecule has 0 aliphatic rings. The van der Waals surface area contributed by atoms with Crippen LogP contribution in [-0.4, -0.2) is 33.7 Å². The predicted molar refractivity (Wildman–Crippen MR) is 115 cm³/mol. The molecule has 0 aliphatic heterocycles. The van der Waals surface area contributed by atoms with Gasteiger partial charge in [0.05, 0.1) is 5.69 Å². The van der Waals surface area contributed by atoms with Crippen molar-refractivity contribution in [1.82, 2.24) is 19.9 Å². The van der Waals surface area contributed by atoms with E-state index in [0.29, 0.717) is 23.1 Å². The first kappa shape index (κ1) is 19.4. The number of carbonyl (C=O) groups is 1. The van der Waals surface area contributed by atoms with Crippen LogP contribution < -0.4 is 10.1 Å². The molecule has 0 unspecified atom stereocenters. The van der Waals surface area contributed by atoms with Crippen LogP contribution in [0, 0.1) is 6.92 Å². The van der Waals surface area contributed by atoms with Crippen molar-refractivity contribution >= 4 is 33.8 Å². The third-order valence-corrected chi connectivity index (χ3v) is 5.85. The largest absolute Gasteiger partial charge is 0.484 e. The minimum absolute atomic E-state index is 0.00274. The Hall–Kier alpha value is -2.90. The number of halogens is 1. The first-order valence-electron chi connectivity index (χ1n) is 9.15. The summed E-state index contributed by atoms with van der Waals surface area (Å²) in [5.74, 6) is 1.21. The summed E-state index contributed by atoms with van der Waals surface area (Å²) < 4.78 is 7.30. The van der Waals surface area contributed by atoms with Gasteiger partial charge in [-0.3, -0.25) is 4.79 Å². The molecule has 0 spiro atoms. The normalized spacial score (nSPS) is 11.0. The van der Waals surface area contributed by atoms with E-state index in [0.717, 1.165) is 27.5 Å². The Labute approximate surface area is 177 Å². The number of rotatable bonds is 7. The van der Waals surface area contributed by atoms with Crippen LogP contribution in [0.4, 0.5) is 0 Å². The second-order valence-electron chi connectivity index (χ2n) is 6.45. The number of benzene rings is 2. The summed E-state index contributed by atoms with van der Waals surface area (Å²) in [6.07, 6.45) is 0.717. The van der Waals surface area contributed by atoms with E-state index in [-0.39, 0.29) is 12.5 Å². The number of amides is 1. The van der Waals surface area contributed by atoms with E-state index >= 15 is 0 Å². The summed E-state index contributed by atoms with van der Waals surface area (Å²) in [7, 11) is 0. The van der Waals surface area contributed by atoms with Crippen molar-refractivity contribution in [3.05, 3.63) is 70.2 Å². The number of nitrogens with one attached hydrogen (secondary N) is 1. The first-order valence-corrected chi connectivity index (χ1v) is 10.3. The van der Waals surface area contributed by atoms with Gasteiger partial charge in [0.1, 0.15) is 5.75 Å². The number of fused-ring (bicyclic) bond motifs is 1. The third-order valence-electron chi connectivity index (χ3n) is 4.40. The first-order chi connectivity index (χ1) is 14.1. The fraction of sp³-hybridized carbons (Fsp3) is 0.190. The highest BCUT2D eigenvalue weighted by molar-refractivity contribution is 7.17. The Morgan fingerprint density at radius 2 is 1.93 bits per heavy atom. The number of nitrogens with zero attached hydrogens (tertiary/aromatic N) is 3. The zero-order valence-corrected chi connectivity index (χ0v) is 17.3. The smallest absolute Gasteiger partial charge is 0.257 e. The van der Waals surface area contributed by atoms with E-state index in [2.05, 4.69) is 15.4 Å². The third kappa shape index (κ3) is 4.58. The van der Waals surface area contributed by atoms with Gasteiger partial charge in [-0.2, -0.15) is 4.98 Å². The molecule has 2 aromatic carbocycles. The van der Waals surface area contributed by atoms with E-state index in [1.807, 2.05) is 66.0 Å². The number of aryl methyl sites for hydroxylation is 1. The number of hydrogen-bond acceptors (Lipinski definition) is 5. The van der Waals surface area contributed by atoms with Gasteiger partial charge >= 0.3 is 0 Å². The van der Waals surface area contributed by atoms with Crippen molar-refractivity contribution < 1.29 is 9.53 Å². The van der Waals surface area contributed by atoms with Crippen LogP contribution in [0.5, 0.6) is 5.75 Å². The average Bonchev–Trinajstić information content (AvgIpc) is 3.27. The fourth-order valence-electron chi connectivity index (χ4n) is 2.87. The van der Waals surface area contributed by atoms with E-state index in [4.69, 9.17) is 16.3 Å². The number of hydrogen-bond donors (Lipinski definition) is 1. The highest BCUT2D eigenvalue weighted by Crippen LogP contribution is 2.25. The van der Waals surface area contributed by atoms with Gasteiger partial charge in [0.15, 0.2) is 12.4 Å². The molecule has 0 saturated carbocycles. The number of thiazole rings is 1. The molecule has 2 aromatic heterocycles. The molecule has 0 aliphatic carbocycles. The lowest BCUT2D eigenvalue weighted by molar-refractivity contribution is -0.123. The van der Waals surface area contributed by atoms with Gasteiger partial charge in [-0.05, 0) is 43.3 Å². The molecule has 0 saturated heterocycles. The van der Waals surface area contributed by atoms with Gasteiger partial charge in [-0.25, -0.2) is 4.52 Å². The average molecular weight is 427 g/mol. The van der Waals surface area contributed by atoms with Crippen molar-refractivity contribution in [1.29, 1.82) is 0 Å². The molecular weight excluding hydrogens is 408 g/mol. The van der Waals surface area contributed by atoms with Gasteiger partial charge in [0.25, 0.3) is 5.91 Å². The molecule has 0 bridgehead atoms. The van der Waals surface area contributed by atoms with Crippen LogP contribution in [-0.2, 0) is 11.2 Å². The molecule has 8 heteroatoms. The maximum absolute atomic E-state index is 12.0. The molecule has 6 nitrogen and oxygen atoms in total. The summed E-state index contributed by atoms with van der Waals surface area (Å²) in [5, 5.41) is 8.18. The highest BCUT2D eigenvalue weighted by atomic mass is 35.5. The number of carbonyl (C=O) groups excluding carboxylic acids is 1. The fourth-order valence-corrected chi connectivity index (χ4v) is 4.05. The highest BCUT2D eigenvalue weighted by Gasteiger charge is 2.14. The lowest BCUT2D eigenvalue weighted by Gasteiger charge is -2.07. The van der Waals surface area contributed by atoms with E-state index in [1.165, 1.54) is 0 Å². The van der Waals surface area contributed by atoms with E-state index in [1.54, 1.807) is 11.3 Å². The van der Waals surface area contributed by atoms with Crippen LogP contribution in [0.25, 0.3) is 16.3 Å². The van der Waals surface area contributed by atoms with Crippen molar-refractivity contribution in [2.75, 3.05) is 13.2 Å². The second kappa shape index (κ2) is 8.63. The standard InChI is InChI=1S/C21H19ClN4O2S/c1-14-18(11-12-23-19(27)13-28-17-5-3-2-4-6-17)29-21-24-20(25-26(14)21)15-7-9-16(22)10-8-15/h2-10H,11-13H2,1H3,(H,23,27). The molecule has 1 N–H and O–H groups in total. The van der Waals surface area contributed by atoms with Gasteiger partial charge in [0, 0.05) is 28.4 Å². The van der Waals surface area contributed by atoms with Gasteiger partial charge in [0.2, 0.25) is 4.96 Å². The molecule has 4 aromatic rings. The summed E-state index contributed by atoms with van der Waals surface area (Å²) >= 11 is 7.53. The molecule has 0 fully saturated rings. The topological polar surface area (TPSA) is 68.5 Å². The zero-order valence-electron chi connectivity index (χ0n) is 15.8. The van der Waals surface area contributed by atoms with Crippen LogP contribution >= 0.6 is 22.9 Å². The summed E-state index contributed by atoms with van der Waals surface area (Å²) in [4.78, 5) is 18.6. The van der Waals surface area contributed by atoms with E-state index < -0.39 is 0 Å². The summed E-state index contributed by atoms with van der Waals surface area (Å²) in [6, 6.07) is 16.8. The lowest BCUT2D eigenvalue weighted by Crippen LogP contribution is -2.30. The van der Waals surface area contributed by atoms with Crippen LogP contribution in [0.1, 0.15) is 10.6 Å². The minimum Gasteiger partial charge on any atom is -0.484 e. The summed E-state index contributed by atoms with van der Waals surface area (Å²) in [6.45, 7) is 2.55. The molecule has 29 heavy (non-hydrogen) atoms. The van der Waals surface area contributed by atoms with Gasteiger partial charge in [-0.15, -0.1) is 5.10 Å². The predicted octanol–water partition coefficient (Wildman–Crippen LogP) is 4.16. The molecule has 1 amide bonds. The molecule has 0 atom stereocenters. The van der Waals surface area contributed by atoms with Crippen LogP contribution in [0.3, 0.4) is 0 Å². The quantitative estimate of drug-likeness (QED) is 0.482. The summed E-state index contributed by atoms with van der Waals surface area (Å²) in [5.41, 5.74) is 1.96. The Balaban J connectivity index is 1.34. The second-order valence-corrected chi connectivity index (χ2v) is 7.95.